The van der Waals surface area contributed by atoms with Crippen LogP contribution in [0.25, 0.3) is 0 Å². The van der Waals surface area contributed by atoms with Crippen LogP contribution in [0.5, 0.6) is 0 Å². The molecule has 1 rings (SSSR count). The maximum absolute atomic E-state index is 5.77. The molecule has 0 aromatic carbocycles. The van der Waals surface area contributed by atoms with Crippen LogP contribution in [0, 0.1) is 0 Å². The average Bonchev–Trinajstić information content (AvgIpc) is 2.14. The summed E-state index contributed by atoms with van der Waals surface area (Å²) in [4.78, 5) is 3.94. The number of rotatable bonds is 4. The SMILES string of the molecule is CCC(C)SCc1ccnc(Cl)c1. The molecule has 1 unspecified atom stereocenters. The van der Waals surface area contributed by atoms with E-state index < -0.39 is 0 Å². The molecule has 0 amide bonds. The summed E-state index contributed by atoms with van der Waals surface area (Å²) in [6, 6.07) is 3.94. The summed E-state index contributed by atoms with van der Waals surface area (Å²) in [5.74, 6) is 1.03. The number of pyridine rings is 1. The van der Waals surface area contributed by atoms with E-state index in [-0.39, 0.29) is 0 Å². The van der Waals surface area contributed by atoms with E-state index in [1.54, 1.807) is 6.20 Å². The van der Waals surface area contributed by atoms with Crippen LogP contribution in [-0.4, -0.2) is 10.2 Å². The molecule has 0 N–H and O–H groups in total. The van der Waals surface area contributed by atoms with Crippen molar-refractivity contribution in [2.45, 2.75) is 31.3 Å². The van der Waals surface area contributed by atoms with Gasteiger partial charge in [0.15, 0.2) is 0 Å². The Kier molecular flexibility index (Phi) is 4.60. The van der Waals surface area contributed by atoms with E-state index in [0.29, 0.717) is 10.4 Å². The Balaban J connectivity index is 2.45. The number of halogens is 1. The fraction of sp³-hybridized carbons (Fsp3) is 0.500. The van der Waals surface area contributed by atoms with E-state index in [4.69, 9.17) is 11.6 Å². The summed E-state index contributed by atoms with van der Waals surface area (Å²) in [6.45, 7) is 4.45. The third-order valence-corrected chi connectivity index (χ3v) is 3.51. The molecule has 0 aliphatic heterocycles. The number of aromatic nitrogens is 1. The van der Waals surface area contributed by atoms with Gasteiger partial charge in [0.25, 0.3) is 0 Å². The van der Waals surface area contributed by atoms with Crippen molar-refractivity contribution >= 4 is 23.4 Å². The molecule has 0 fully saturated rings. The molecule has 0 saturated heterocycles. The van der Waals surface area contributed by atoms with Gasteiger partial charge in [0, 0.05) is 17.2 Å². The first kappa shape index (κ1) is 10.9. The van der Waals surface area contributed by atoms with Gasteiger partial charge in [-0.05, 0) is 24.1 Å². The highest BCUT2D eigenvalue weighted by Gasteiger charge is 2.00. The van der Waals surface area contributed by atoms with Gasteiger partial charge in [-0.3, -0.25) is 0 Å². The normalized spacial score (nSPS) is 12.8. The van der Waals surface area contributed by atoms with E-state index in [0.717, 1.165) is 5.75 Å². The monoisotopic (exact) mass is 215 g/mol. The quantitative estimate of drug-likeness (QED) is 0.710. The minimum absolute atomic E-state index is 0.585. The smallest absolute Gasteiger partial charge is 0.129 e. The van der Waals surface area contributed by atoms with Crippen LogP contribution >= 0.6 is 23.4 Å². The summed E-state index contributed by atoms with van der Waals surface area (Å²) >= 11 is 7.73. The largest absolute Gasteiger partial charge is 0.245 e. The predicted octanol–water partition coefficient (Wildman–Crippen LogP) is 3.77. The van der Waals surface area contributed by atoms with Crippen molar-refractivity contribution in [2.75, 3.05) is 0 Å². The maximum atomic E-state index is 5.77. The van der Waals surface area contributed by atoms with E-state index in [2.05, 4.69) is 18.8 Å². The van der Waals surface area contributed by atoms with E-state index >= 15 is 0 Å². The molecule has 1 nitrogen and oxygen atoms in total. The van der Waals surface area contributed by atoms with Crippen LogP contribution in [0.4, 0.5) is 0 Å². The Labute approximate surface area is 88.9 Å². The molecule has 3 heteroatoms. The Bertz CT molecular complexity index is 265. The Hall–Kier alpha value is -0.210. The molecular formula is C10H14ClNS. The van der Waals surface area contributed by atoms with Gasteiger partial charge in [-0.15, -0.1) is 0 Å². The summed E-state index contributed by atoms with van der Waals surface area (Å²) in [6.07, 6.45) is 2.97. The van der Waals surface area contributed by atoms with Crippen molar-refractivity contribution in [3.05, 3.63) is 29.0 Å². The molecule has 1 aromatic rings. The molecule has 0 bridgehead atoms. The van der Waals surface area contributed by atoms with Gasteiger partial charge in [0.05, 0.1) is 0 Å². The van der Waals surface area contributed by atoms with Crippen molar-refractivity contribution in [2.24, 2.45) is 0 Å². The van der Waals surface area contributed by atoms with Crippen LogP contribution in [0.15, 0.2) is 18.3 Å². The highest BCUT2D eigenvalue weighted by molar-refractivity contribution is 7.99. The van der Waals surface area contributed by atoms with E-state index in [9.17, 15) is 0 Å². The number of thioether (sulfide) groups is 1. The fourth-order valence-corrected chi connectivity index (χ4v) is 1.98. The minimum atomic E-state index is 0.585. The molecule has 0 spiro atoms. The van der Waals surface area contributed by atoms with E-state index in [1.165, 1.54) is 12.0 Å². The second-order valence-corrected chi connectivity index (χ2v) is 4.83. The predicted molar refractivity (Wildman–Crippen MR) is 60.3 cm³/mol. The first-order valence-electron chi connectivity index (χ1n) is 4.44. The summed E-state index contributed by atoms with van der Waals surface area (Å²) < 4.78 is 0. The molecule has 1 aromatic heterocycles. The topological polar surface area (TPSA) is 12.9 Å². The standard InChI is InChI=1S/C10H14ClNS/c1-3-8(2)13-7-9-4-5-12-10(11)6-9/h4-6,8H,3,7H2,1-2H3. The second-order valence-electron chi connectivity index (χ2n) is 3.02. The van der Waals surface area contributed by atoms with Crippen LogP contribution < -0.4 is 0 Å². The lowest BCUT2D eigenvalue weighted by Crippen LogP contribution is -1.93. The van der Waals surface area contributed by atoms with Gasteiger partial charge in [0.2, 0.25) is 0 Å². The second kappa shape index (κ2) is 5.51. The van der Waals surface area contributed by atoms with Crippen molar-refractivity contribution in [1.82, 2.24) is 4.98 Å². The molecule has 0 radical (unpaired) electrons. The summed E-state index contributed by atoms with van der Waals surface area (Å²) in [5.41, 5.74) is 1.25. The number of hydrogen-bond donors (Lipinski definition) is 0. The third-order valence-electron chi connectivity index (χ3n) is 1.90. The zero-order valence-corrected chi connectivity index (χ0v) is 9.53. The van der Waals surface area contributed by atoms with Crippen LogP contribution in [0.3, 0.4) is 0 Å². The fourth-order valence-electron chi connectivity index (χ4n) is 0.889. The average molecular weight is 216 g/mol. The van der Waals surface area contributed by atoms with Crippen molar-refractivity contribution in [3.8, 4) is 0 Å². The van der Waals surface area contributed by atoms with Crippen molar-refractivity contribution in [1.29, 1.82) is 0 Å². The van der Waals surface area contributed by atoms with Crippen LogP contribution in [0.1, 0.15) is 25.8 Å². The van der Waals surface area contributed by atoms with E-state index in [1.807, 2.05) is 23.9 Å². The van der Waals surface area contributed by atoms with Crippen LogP contribution in [0.2, 0.25) is 5.15 Å². The zero-order chi connectivity index (χ0) is 9.68. The lowest BCUT2D eigenvalue weighted by Gasteiger charge is -2.07. The maximum Gasteiger partial charge on any atom is 0.129 e. The highest BCUT2D eigenvalue weighted by atomic mass is 35.5. The number of hydrogen-bond acceptors (Lipinski definition) is 2. The highest BCUT2D eigenvalue weighted by Crippen LogP contribution is 2.20. The third kappa shape index (κ3) is 4.01. The lowest BCUT2D eigenvalue weighted by atomic mass is 10.3. The molecule has 0 aliphatic carbocycles. The Morgan fingerprint density at radius 1 is 1.62 bits per heavy atom. The first-order valence-corrected chi connectivity index (χ1v) is 5.87. The summed E-state index contributed by atoms with van der Waals surface area (Å²) in [7, 11) is 0. The van der Waals surface area contributed by atoms with Gasteiger partial charge < -0.3 is 0 Å². The Morgan fingerprint density at radius 3 is 3.00 bits per heavy atom. The van der Waals surface area contributed by atoms with Gasteiger partial charge >= 0.3 is 0 Å². The van der Waals surface area contributed by atoms with Gasteiger partial charge in [-0.1, -0.05) is 25.4 Å². The van der Waals surface area contributed by atoms with Crippen LogP contribution in [-0.2, 0) is 5.75 Å². The van der Waals surface area contributed by atoms with Gasteiger partial charge in [0.1, 0.15) is 5.15 Å². The molecule has 1 atom stereocenters. The van der Waals surface area contributed by atoms with Crippen molar-refractivity contribution < 1.29 is 0 Å². The molecule has 72 valence electrons. The van der Waals surface area contributed by atoms with Gasteiger partial charge in [-0.2, -0.15) is 11.8 Å². The molecule has 1 heterocycles. The molecule has 0 aliphatic rings. The molecular weight excluding hydrogens is 202 g/mol. The summed E-state index contributed by atoms with van der Waals surface area (Å²) in [5, 5.41) is 1.30. The number of nitrogens with zero attached hydrogens (tertiary/aromatic N) is 1. The zero-order valence-electron chi connectivity index (χ0n) is 7.96. The Morgan fingerprint density at radius 2 is 2.38 bits per heavy atom. The minimum Gasteiger partial charge on any atom is -0.245 e. The van der Waals surface area contributed by atoms with Crippen molar-refractivity contribution in [3.63, 3.8) is 0 Å². The lowest BCUT2D eigenvalue weighted by molar-refractivity contribution is 0.905. The van der Waals surface area contributed by atoms with Gasteiger partial charge in [-0.25, -0.2) is 4.98 Å². The first-order chi connectivity index (χ1) is 6.22. The molecule has 0 saturated carbocycles. The molecule has 13 heavy (non-hydrogen) atoms.